The van der Waals surface area contributed by atoms with Crippen LogP contribution in [0.15, 0.2) is 24.4 Å². The fourth-order valence-corrected chi connectivity index (χ4v) is 3.46. The summed E-state index contributed by atoms with van der Waals surface area (Å²) in [5.74, 6) is -0.219. The molecule has 1 aromatic carbocycles. The lowest BCUT2D eigenvalue weighted by Gasteiger charge is -2.42. The summed E-state index contributed by atoms with van der Waals surface area (Å²) in [7, 11) is 1.55. The predicted molar refractivity (Wildman–Crippen MR) is 100 cm³/mol. The van der Waals surface area contributed by atoms with Crippen molar-refractivity contribution in [1.82, 2.24) is 9.88 Å². The van der Waals surface area contributed by atoms with E-state index >= 15 is 0 Å². The Kier molecular flexibility index (Phi) is 5.41. The summed E-state index contributed by atoms with van der Waals surface area (Å²) in [5, 5.41) is 24.4. The second-order valence-corrected chi connectivity index (χ2v) is 6.58. The van der Waals surface area contributed by atoms with Gasteiger partial charge in [0.05, 0.1) is 24.1 Å². The van der Waals surface area contributed by atoms with E-state index in [9.17, 15) is 14.9 Å². The Morgan fingerprint density at radius 3 is 2.81 bits per heavy atom. The van der Waals surface area contributed by atoms with Gasteiger partial charge in [-0.1, -0.05) is 6.92 Å². The van der Waals surface area contributed by atoms with Crippen LogP contribution in [0.1, 0.15) is 19.8 Å². The normalized spacial score (nSPS) is 18.9. The first-order valence-electron chi connectivity index (χ1n) is 8.76. The van der Waals surface area contributed by atoms with E-state index < -0.39 is 10.9 Å². The molecule has 0 amide bonds. The molecule has 1 aliphatic rings. The average molecular weight is 374 g/mol. The van der Waals surface area contributed by atoms with Gasteiger partial charge in [-0.15, -0.1) is 0 Å². The molecule has 0 spiro atoms. The molecule has 2 N–H and O–H groups in total. The quantitative estimate of drug-likeness (QED) is 0.534. The first kappa shape index (κ1) is 18.8. The molecule has 1 saturated carbocycles. The van der Waals surface area contributed by atoms with E-state index in [1.165, 1.54) is 6.20 Å². The maximum atomic E-state index is 11.4. The van der Waals surface area contributed by atoms with Crippen LogP contribution in [-0.4, -0.2) is 58.2 Å². The third-order valence-corrected chi connectivity index (χ3v) is 4.98. The number of carboxylic acid groups (broad SMARTS) is 1. The molecule has 1 fully saturated rings. The largest absolute Gasteiger partial charge is 0.497 e. The molecule has 1 aliphatic carbocycles. The molecule has 0 radical (unpaired) electrons. The molecule has 0 aliphatic heterocycles. The van der Waals surface area contributed by atoms with Crippen LogP contribution < -0.4 is 10.1 Å². The summed E-state index contributed by atoms with van der Waals surface area (Å²) in [6, 6.07) is 5.45. The van der Waals surface area contributed by atoms with Gasteiger partial charge in [0.1, 0.15) is 17.6 Å². The van der Waals surface area contributed by atoms with Crippen molar-refractivity contribution in [2.45, 2.75) is 31.8 Å². The van der Waals surface area contributed by atoms with Crippen LogP contribution in [0.3, 0.4) is 0 Å². The number of hydrogen-bond donors (Lipinski definition) is 2. The number of carbonyl (C=O) groups is 1. The number of hydrogen-bond acceptors (Lipinski definition) is 7. The molecular weight excluding hydrogens is 352 g/mol. The van der Waals surface area contributed by atoms with Crippen molar-refractivity contribution in [1.29, 1.82) is 0 Å². The summed E-state index contributed by atoms with van der Waals surface area (Å²) in [6.45, 7) is 2.59. The zero-order chi connectivity index (χ0) is 19.6. The highest BCUT2D eigenvalue weighted by molar-refractivity contribution is 5.96. The Hall–Kier alpha value is -2.94. The number of aromatic nitrogens is 1. The van der Waals surface area contributed by atoms with Crippen LogP contribution in [0.4, 0.5) is 11.4 Å². The number of anilines is 1. The predicted octanol–water partition coefficient (Wildman–Crippen LogP) is 2.50. The minimum atomic E-state index is -0.849. The van der Waals surface area contributed by atoms with E-state index in [0.717, 1.165) is 12.8 Å². The Labute approximate surface area is 156 Å². The number of carboxylic acids is 1. The topological polar surface area (TPSA) is 118 Å². The Morgan fingerprint density at radius 1 is 1.48 bits per heavy atom. The highest BCUT2D eigenvalue weighted by Gasteiger charge is 2.35. The Morgan fingerprint density at radius 2 is 2.22 bits per heavy atom. The number of pyridine rings is 1. The van der Waals surface area contributed by atoms with Crippen molar-refractivity contribution in [2.75, 3.05) is 25.5 Å². The zero-order valence-corrected chi connectivity index (χ0v) is 15.2. The first-order valence-corrected chi connectivity index (χ1v) is 8.76. The summed E-state index contributed by atoms with van der Waals surface area (Å²) in [6.07, 6.45) is 2.72. The second-order valence-electron chi connectivity index (χ2n) is 6.58. The van der Waals surface area contributed by atoms with E-state index in [0.29, 0.717) is 28.9 Å². The fraction of sp³-hybridized carbons (Fsp3) is 0.444. The van der Waals surface area contributed by atoms with Gasteiger partial charge in [0.25, 0.3) is 0 Å². The number of benzene rings is 1. The third kappa shape index (κ3) is 3.92. The molecule has 0 bridgehead atoms. The monoisotopic (exact) mass is 374 g/mol. The molecule has 3 rings (SSSR count). The lowest BCUT2D eigenvalue weighted by atomic mass is 9.85. The number of methoxy groups -OCH3 is 1. The molecule has 0 saturated heterocycles. The van der Waals surface area contributed by atoms with Crippen LogP contribution in [-0.2, 0) is 4.79 Å². The van der Waals surface area contributed by atoms with Crippen molar-refractivity contribution >= 4 is 28.2 Å². The van der Waals surface area contributed by atoms with Gasteiger partial charge in [-0.25, -0.2) is 4.98 Å². The molecule has 144 valence electrons. The lowest BCUT2D eigenvalue weighted by Crippen LogP contribution is -2.51. The molecule has 0 atom stereocenters. The van der Waals surface area contributed by atoms with E-state index in [2.05, 4.69) is 10.3 Å². The average Bonchev–Trinajstić information content (AvgIpc) is 2.61. The molecule has 1 heterocycles. The molecular formula is C18H22N4O5. The van der Waals surface area contributed by atoms with E-state index in [1.54, 1.807) is 25.3 Å². The van der Waals surface area contributed by atoms with Crippen LogP contribution in [0, 0.1) is 10.1 Å². The van der Waals surface area contributed by atoms with Crippen molar-refractivity contribution in [3.05, 3.63) is 34.5 Å². The molecule has 0 unspecified atom stereocenters. The Bertz CT molecular complexity index is 866. The van der Waals surface area contributed by atoms with Gasteiger partial charge in [0, 0.05) is 23.5 Å². The van der Waals surface area contributed by atoms with Gasteiger partial charge >= 0.3 is 11.7 Å². The summed E-state index contributed by atoms with van der Waals surface area (Å²) in [4.78, 5) is 28.0. The van der Waals surface area contributed by atoms with Gasteiger partial charge in [-0.2, -0.15) is 0 Å². The summed E-state index contributed by atoms with van der Waals surface area (Å²) >= 11 is 0. The summed E-state index contributed by atoms with van der Waals surface area (Å²) in [5.41, 5.74) is 0.978. The lowest BCUT2D eigenvalue weighted by molar-refractivity contribution is -0.384. The maximum Gasteiger partial charge on any atom is 0.317 e. The first-order chi connectivity index (χ1) is 12.9. The third-order valence-electron chi connectivity index (χ3n) is 4.98. The molecule has 9 nitrogen and oxygen atoms in total. The van der Waals surface area contributed by atoms with Gasteiger partial charge < -0.3 is 15.2 Å². The standard InChI is InChI=1S/C18H22N4O5/c1-3-21(10-17(23)24)12-6-11(7-12)20-18-14-5-4-13(27-2)8-15(14)19-9-16(18)22(25)26/h4-5,8-9,11-12H,3,6-7,10H2,1-2H3,(H,19,20)(H,23,24). The fourth-order valence-electron chi connectivity index (χ4n) is 3.46. The minimum Gasteiger partial charge on any atom is -0.497 e. The van der Waals surface area contributed by atoms with E-state index in [4.69, 9.17) is 9.84 Å². The number of nitrogens with zero attached hydrogens (tertiary/aromatic N) is 3. The number of aliphatic carboxylic acids is 1. The van der Waals surface area contributed by atoms with Gasteiger partial charge in [-0.3, -0.25) is 19.8 Å². The molecule has 1 aromatic heterocycles. The van der Waals surface area contributed by atoms with Crippen LogP contribution in [0.5, 0.6) is 5.75 Å². The number of fused-ring (bicyclic) bond motifs is 1. The molecule has 9 heteroatoms. The highest BCUT2D eigenvalue weighted by atomic mass is 16.6. The highest BCUT2D eigenvalue weighted by Crippen LogP contribution is 2.37. The van der Waals surface area contributed by atoms with Gasteiger partial charge in [0.2, 0.25) is 0 Å². The van der Waals surface area contributed by atoms with Gasteiger partial charge in [0.15, 0.2) is 0 Å². The molecule has 27 heavy (non-hydrogen) atoms. The van der Waals surface area contributed by atoms with Crippen LogP contribution >= 0.6 is 0 Å². The zero-order valence-electron chi connectivity index (χ0n) is 15.2. The maximum absolute atomic E-state index is 11.4. The van der Waals surface area contributed by atoms with Crippen molar-refractivity contribution in [3.63, 3.8) is 0 Å². The van der Waals surface area contributed by atoms with Gasteiger partial charge in [-0.05, 0) is 31.5 Å². The van der Waals surface area contributed by atoms with Crippen molar-refractivity contribution in [3.8, 4) is 5.75 Å². The number of nitro groups is 1. The van der Waals surface area contributed by atoms with E-state index in [-0.39, 0.29) is 24.3 Å². The van der Waals surface area contributed by atoms with E-state index in [1.807, 2.05) is 11.8 Å². The second kappa shape index (κ2) is 7.75. The minimum absolute atomic E-state index is 0.00597. The number of nitrogens with one attached hydrogen (secondary N) is 1. The Balaban J connectivity index is 1.81. The number of rotatable bonds is 8. The SMILES string of the molecule is CCN(CC(=O)O)C1CC(Nc2c([N+](=O)[O-])cnc3cc(OC)ccc23)C1. The van der Waals surface area contributed by atoms with Crippen molar-refractivity contribution < 1.29 is 19.6 Å². The number of ether oxygens (including phenoxy) is 1. The van der Waals surface area contributed by atoms with Crippen LogP contribution in [0.2, 0.25) is 0 Å². The van der Waals surface area contributed by atoms with Crippen LogP contribution in [0.25, 0.3) is 10.9 Å². The number of likely N-dealkylation sites (N-methyl/N-ethyl adjacent to an activating group) is 1. The molecule has 2 aromatic rings. The smallest absolute Gasteiger partial charge is 0.317 e. The summed E-state index contributed by atoms with van der Waals surface area (Å²) < 4.78 is 5.19. The van der Waals surface area contributed by atoms with Crippen molar-refractivity contribution in [2.24, 2.45) is 0 Å².